The molecule has 14 heteroatoms. The molecule has 18 atom stereocenters. The van der Waals surface area contributed by atoms with Crippen LogP contribution in [0.5, 0.6) is 0 Å². The molecule has 0 radical (unpaired) electrons. The third-order valence-electron chi connectivity index (χ3n) is 14.0. The topological polar surface area (TPSA) is 203 Å². The molecule has 0 saturated carbocycles. The number of aliphatic hydroxyl groups excluding tert-OH is 4. The minimum Gasteiger partial charge on any atom is -0.479 e. The quantitative estimate of drug-likeness (QED) is 0.171. The highest BCUT2D eigenvalue weighted by Crippen LogP contribution is 2.47. The first kappa shape index (κ1) is 44.3. The van der Waals surface area contributed by atoms with Crippen LogP contribution >= 0.6 is 0 Å². The maximum Gasteiger partial charge on any atom is 0.335 e. The highest BCUT2D eigenvalue weighted by Gasteiger charge is 2.55. The molecule has 6 N–H and O–H groups in total. The van der Waals surface area contributed by atoms with E-state index in [1.54, 1.807) is 6.08 Å². The summed E-state index contributed by atoms with van der Waals surface area (Å²) in [7, 11) is 0. The summed E-state index contributed by atoms with van der Waals surface area (Å²) < 4.78 is 45.0. The fourth-order valence-corrected chi connectivity index (χ4v) is 10.6. The van der Waals surface area contributed by atoms with Gasteiger partial charge >= 0.3 is 5.97 Å². The Kier molecular flexibility index (Phi) is 13.1. The van der Waals surface area contributed by atoms with E-state index < -0.39 is 77.8 Å². The van der Waals surface area contributed by atoms with E-state index in [4.69, 9.17) is 33.2 Å². The first-order chi connectivity index (χ1) is 27.3. The van der Waals surface area contributed by atoms with Crippen LogP contribution in [0.3, 0.4) is 0 Å². The van der Waals surface area contributed by atoms with E-state index in [1.165, 1.54) is 6.92 Å². The third kappa shape index (κ3) is 9.19. The van der Waals surface area contributed by atoms with Gasteiger partial charge in [-0.1, -0.05) is 45.1 Å². The van der Waals surface area contributed by atoms with Crippen LogP contribution in [0.2, 0.25) is 0 Å². The van der Waals surface area contributed by atoms with E-state index in [9.17, 15) is 35.4 Å². The lowest BCUT2D eigenvalue weighted by molar-refractivity contribution is -0.325. The van der Waals surface area contributed by atoms with Gasteiger partial charge in [-0.15, -0.1) is 0 Å². The Hall–Kier alpha value is -1.79. The average molecular weight is 821 g/mol. The molecule has 0 aromatic carbocycles. The summed E-state index contributed by atoms with van der Waals surface area (Å²) in [5.41, 5.74) is -0.599. The van der Waals surface area contributed by atoms with Gasteiger partial charge in [-0.2, -0.15) is 0 Å². The van der Waals surface area contributed by atoms with Crippen molar-refractivity contribution in [2.24, 2.45) is 17.8 Å². The Morgan fingerprint density at radius 1 is 1.00 bits per heavy atom. The standard InChI is InChI=1S/C44H68O14/c1-24-19-34(56-44(21-24)35(47)10-9-31(55-44)23-41(6,51)40(49)50)25(2)7-8-30-12-16-42(54-30)17-13-33-39(58-42)36(48)28(5)38(53-33)32(46)20-27(4)37-26(3)11-15-43(57-37)22-29(45)14-18-52-43/h7-8,21,25-27,29-39,45-48,51H,5,9-20,22-23H2,1-4,6H3,(H,49,50)/b8-7+/t25-,26-,27+,29?,30+,31+,32+,33-,34+,35-,36-,37+,38+,39-,41-,42-,43-,44-/m1/s1. The average Bonchev–Trinajstić information content (AvgIpc) is 3.56. The molecule has 58 heavy (non-hydrogen) atoms. The van der Waals surface area contributed by atoms with Gasteiger partial charge in [-0.05, 0) is 88.7 Å². The van der Waals surface area contributed by atoms with Crippen molar-refractivity contribution in [3.63, 3.8) is 0 Å². The Bertz CT molecular complexity index is 1550. The zero-order valence-electron chi connectivity index (χ0n) is 34.9. The summed E-state index contributed by atoms with van der Waals surface area (Å²) in [5.74, 6) is -4.32. The van der Waals surface area contributed by atoms with Gasteiger partial charge in [0.25, 0.3) is 0 Å². The molecule has 6 fully saturated rings. The second-order valence-electron chi connectivity index (χ2n) is 19.1. The summed E-state index contributed by atoms with van der Waals surface area (Å²) in [5, 5.41) is 64.4. The van der Waals surface area contributed by atoms with Crippen molar-refractivity contribution in [1.82, 2.24) is 0 Å². The van der Waals surface area contributed by atoms with E-state index in [1.807, 2.05) is 26.0 Å². The maximum atomic E-state index is 11.6. The Balaban J connectivity index is 0.920. The highest BCUT2D eigenvalue weighted by atomic mass is 16.7. The van der Waals surface area contributed by atoms with Gasteiger partial charge in [0, 0.05) is 38.0 Å². The predicted molar refractivity (Wildman–Crippen MR) is 209 cm³/mol. The van der Waals surface area contributed by atoms with Crippen molar-refractivity contribution in [3.8, 4) is 0 Å². The van der Waals surface area contributed by atoms with E-state index in [2.05, 4.69) is 20.4 Å². The number of carbonyl (C=O) groups is 1. The van der Waals surface area contributed by atoms with Gasteiger partial charge in [0.05, 0.1) is 49.3 Å². The molecule has 7 rings (SSSR count). The van der Waals surface area contributed by atoms with Gasteiger partial charge in [-0.25, -0.2) is 4.79 Å². The molecule has 0 amide bonds. The van der Waals surface area contributed by atoms with Crippen LogP contribution in [0.15, 0.2) is 36.0 Å². The number of carboxylic acid groups (broad SMARTS) is 1. The molecule has 0 bridgehead atoms. The molecule has 328 valence electrons. The SMILES string of the molecule is C=C1[C@@H](O)[C@@H]2O[C@]3(CC[C@H](/C=C/[C@@H](C)[C@@H]4CC(C)=C[C@@]5(O[C@H](C[C@@](C)(O)C(=O)O)CC[C@H]5O)O4)O3)CC[C@H]2O[C@@H]1[C@@H](O)C[C@H](C)[C@H]1O[C@]2(CC[C@H]1C)CC(O)CCO2. The van der Waals surface area contributed by atoms with Gasteiger partial charge in [0.1, 0.15) is 24.4 Å². The van der Waals surface area contributed by atoms with E-state index >= 15 is 0 Å². The van der Waals surface area contributed by atoms with E-state index in [-0.39, 0.29) is 42.5 Å². The smallest absolute Gasteiger partial charge is 0.335 e. The summed E-state index contributed by atoms with van der Waals surface area (Å²) in [6.45, 7) is 14.1. The molecule has 0 aromatic heterocycles. The number of hydrogen-bond acceptors (Lipinski definition) is 13. The Morgan fingerprint density at radius 3 is 2.48 bits per heavy atom. The molecule has 6 saturated heterocycles. The van der Waals surface area contributed by atoms with Crippen molar-refractivity contribution in [2.75, 3.05) is 6.61 Å². The van der Waals surface area contributed by atoms with Crippen LogP contribution in [0.4, 0.5) is 0 Å². The first-order valence-corrected chi connectivity index (χ1v) is 21.7. The lowest BCUT2D eigenvalue weighted by Gasteiger charge is -2.50. The number of carboxylic acids is 1. The minimum atomic E-state index is -1.97. The molecular formula is C44H68O14. The Labute approximate surface area is 342 Å². The zero-order chi connectivity index (χ0) is 41.8. The number of aliphatic hydroxyl groups is 5. The molecule has 0 aromatic rings. The number of hydrogen-bond donors (Lipinski definition) is 6. The zero-order valence-corrected chi connectivity index (χ0v) is 34.9. The summed E-state index contributed by atoms with van der Waals surface area (Å²) in [6, 6.07) is 0. The fourth-order valence-electron chi connectivity index (χ4n) is 10.6. The Morgan fingerprint density at radius 2 is 1.74 bits per heavy atom. The first-order valence-electron chi connectivity index (χ1n) is 21.7. The maximum absolute atomic E-state index is 11.6. The molecule has 1 unspecified atom stereocenters. The fraction of sp³-hybridized carbons (Fsp3) is 0.841. The van der Waals surface area contributed by atoms with Crippen LogP contribution in [-0.4, -0.2) is 133 Å². The predicted octanol–water partition coefficient (Wildman–Crippen LogP) is 4.18. The van der Waals surface area contributed by atoms with Crippen LogP contribution < -0.4 is 0 Å². The van der Waals surface area contributed by atoms with Crippen LogP contribution in [0.25, 0.3) is 0 Å². The van der Waals surface area contributed by atoms with Crippen LogP contribution in [0.1, 0.15) is 118 Å². The molecule has 7 aliphatic heterocycles. The van der Waals surface area contributed by atoms with E-state index in [0.717, 1.165) is 18.4 Å². The second kappa shape index (κ2) is 17.2. The summed E-state index contributed by atoms with van der Waals surface area (Å²) in [4.78, 5) is 11.6. The molecule has 7 aliphatic rings. The molecule has 14 nitrogen and oxygen atoms in total. The minimum absolute atomic E-state index is 0.0402. The van der Waals surface area contributed by atoms with Gasteiger partial charge in [0.15, 0.2) is 17.2 Å². The van der Waals surface area contributed by atoms with Crippen LogP contribution in [0, 0.1) is 17.8 Å². The second-order valence-corrected chi connectivity index (χ2v) is 19.1. The van der Waals surface area contributed by atoms with Crippen molar-refractivity contribution in [2.45, 2.75) is 208 Å². The molecule has 0 aliphatic carbocycles. The van der Waals surface area contributed by atoms with Gasteiger partial charge in [-0.3, -0.25) is 0 Å². The third-order valence-corrected chi connectivity index (χ3v) is 14.0. The van der Waals surface area contributed by atoms with Crippen molar-refractivity contribution < 1.29 is 68.6 Å². The summed E-state index contributed by atoms with van der Waals surface area (Å²) >= 11 is 0. The largest absolute Gasteiger partial charge is 0.479 e. The van der Waals surface area contributed by atoms with Gasteiger partial charge < -0.3 is 63.8 Å². The van der Waals surface area contributed by atoms with Crippen molar-refractivity contribution >= 4 is 5.97 Å². The van der Waals surface area contributed by atoms with Crippen molar-refractivity contribution in [1.29, 1.82) is 0 Å². The van der Waals surface area contributed by atoms with Crippen LogP contribution in [-0.2, 0) is 38.0 Å². The normalized spacial score (nSPS) is 46.1. The molecule has 3 spiro atoms. The summed E-state index contributed by atoms with van der Waals surface area (Å²) in [6.07, 6.45) is 6.06. The number of rotatable bonds is 10. The highest BCUT2D eigenvalue weighted by molar-refractivity contribution is 5.76. The monoisotopic (exact) mass is 820 g/mol. The number of aliphatic carboxylic acids is 1. The number of ether oxygens (including phenoxy) is 7. The van der Waals surface area contributed by atoms with Gasteiger partial charge in [0.2, 0.25) is 5.79 Å². The van der Waals surface area contributed by atoms with E-state index in [0.29, 0.717) is 76.4 Å². The number of fused-ring (bicyclic) bond motifs is 1. The molecular weight excluding hydrogens is 752 g/mol. The molecule has 7 heterocycles. The lowest BCUT2D eigenvalue weighted by atomic mass is 9.79. The van der Waals surface area contributed by atoms with Crippen molar-refractivity contribution in [3.05, 3.63) is 36.0 Å². The lowest BCUT2D eigenvalue weighted by Crippen LogP contribution is -2.60.